The second-order valence-corrected chi connectivity index (χ2v) is 4.67. The van der Waals surface area contributed by atoms with E-state index in [1.807, 2.05) is 24.3 Å². The lowest BCUT2D eigenvalue weighted by Gasteiger charge is -2.04. The number of thioether (sulfide) groups is 1. The van der Waals surface area contributed by atoms with Crippen LogP contribution in [0.15, 0.2) is 29.4 Å². The fourth-order valence-corrected chi connectivity index (χ4v) is 2.34. The number of rotatable bonds is 5. The molecule has 1 aromatic heterocycles. The number of aliphatic hydroxyl groups excluding tert-OH is 1. The Kier molecular flexibility index (Phi) is 3.82. The van der Waals surface area contributed by atoms with Crippen LogP contribution in [0, 0.1) is 0 Å². The SMILES string of the molecule is NCC(O)CCSc1nc2ccccc2[nH]1. The Balaban J connectivity index is 1.94. The molecule has 0 radical (unpaired) electrons. The molecule has 4 nitrogen and oxygen atoms in total. The fraction of sp³-hybridized carbons (Fsp3) is 0.364. The van der Waals surface area contributed by atoms with Crippen LogP contribution in [-0.2, 0) is 0 Å². The van der Waals surface area contributed by atoms with E-state index in [4.69, 9.17) is 5.73 Å². The van der Waals surface area contributed by atoms with E-state index in [1.165, 1.54) is 0 Å². The van der Waals surface area contributed by atoms with Crippen LogP contribution in [-0.4, -0.2) is 33.5 Å². The molecule has 1 aromatic carbocycles. The van der Waals surface area contributed by atoms with Crippen molar-refractivity contribution < 1.29 is 5.11 Å². The number of aromatic nitrogens is 2. The quantitative estimate of drug-likeness (QED) is 0.686. The molecule has 1 heterocycles. The number of nitrogens with zero attached hydrogens (tertiary/aromatic N) is 1. The van der Waals surface area contributed by atoms with Crippen LogP contribution in [0.25, 0.3) is 11.0 Å². The van der Waals surface area contributed by atoms with Gasteiger partial charge in [0.2, 0.25) is 0 Å². The van der Waals surface area contributed by atoms with Crippen molar-refractivity contribution in [2.45, 2.75) is 17.7 Å². The van der Waals surface area contributed by atoms with E-state index in [-0.39, 0.29) is 0 Å². The summed E-state index contributed by atoms with van der Waals surface area (Å²) in [7, 11) is 0. The fourth-order valence-electron chi connectivity index (χ4n) is 1.41. The van der Waals surface area contributed by atoms with Gasteiger partial charge in [0.05, 0.1) is 17.1 Å². The summed E-state index contributed by atoms with van der Waals surface area (Å²) in [6.45, 7) is 0.320. The number of benzene rings is 1. The van der Waals surface area contributed by atoms with E-state index in [0.29, 0.717) is 13.0 Å². The number of fused-ring (bicyclic) bond motifs is 1. The molecule has 0 amide bonds. The zero-order valence-corrected chi connectivity index (χ0v) is 9.70. The third-order valence-corrected chi connectivity index (χ3v) is 3.24. The van der Waals surface area contributed by atoms with Crippen LogP contribution < -0.4 is 5.73 Å². The summed E-state index contributed by atoms with van der Waals surface area (Å²) < 4.78 is 0. The summed E-state index contributed by atoms with van der Waals surface area (Å²) >= 11 is 1.61. The molecule has 0 spiro atoms. The molecule has 86 valence electrons. The van der Waals surface area contributed by atoms with Crippen molar-refractivity contribution in [3.63, 3.8) is 0 Å². The molecule has 1 unspecified atom stereocenters. The van der Waals surface area contributed by atoms with Crippen molar-refractivity contribution in [2.75, 3.05) is 12.3 Å². The highest BCUT2D eigenvalue weighted by atomic mass is 32.2. The molecule has 1 atom stereocenters. The molecule has 0 aliphatic heterocycles. The zero-order valence-electron chi connectivity index (χ0n) is 8.89. The van der Waals surface area contributed by atoms with Gasteiger partial charge in [0.15, 0.2) is 5.16 Å². The van der Waals surface area contributed by atoms with Crippen LogP contribution in [0.3, 0.4) is 0 Å². The summed E-state index contributed by atoms with van der Waals surface area (Å²) in [4.78, 5) is 7.66. The number of para-hydroxylation sites is 2. The van der Waals surface area contributed by atoms with Gasteiger partial charge in [-0.15, -0.1) is 0 Å². The molecule has 5 heteroatoms. The lowest BCUT2D eigenvalue weighted by Crippen LogP contribution is -2.20. The van der Waals surface area contributed by atoms with E-state index in [0.717, 1.165) is 21.9 Å². The first kappa shape index (κ1) is 11.4. The standard InChI is InChI=1S/C11H15N3OS/c12-7-8(15)5-6-16-11-13-9-3-1-2-4-10(9)14-11/h1-4,8,15H,5-7,12H2,(H,13,14). The Bertz CT molecular complexity index is 424. The molecular formula is C11H15N3OS. The smallest absolute Gasteiger partial charge is 0.166 e. The van der Waals surface area contributed by atoms with Crippen molar-refractivity contribution >= 4 is 22.8 Å². The summed E-state index contributed by atoms with van der Waals surface area (Å²) in [6.07, 6.45) is 0.287. The normalized spacial score (nSPS) is 13.1. The van der Waals surface area contributed by atoms with Crippen LogP contribution in [0.1, 0.15) is 6.42 Å². The number of nitrogens with two attached hydrogens (primary N) is 1. The number of H-pyrrole nitrogens is 1. The van der Waals surface area contributed by atoms with Crippen LogP contribution in [0.4, 0.5) is 0 Å². The number of hydrogen-bond acceptors (Lipinski definition) is 4. The summed E-state index contributed by atoms with van der Waals surface area (Å²) in [5.74, 6) is 0.818. The van der Waals surface area contributed by atoms with Gasteiger partial charge in [-0.25, -0.2) is 4.98 Å². The largest absolute Gasteiger partial charge is 0.392 e. The Morgan fingerprint density at radius 2 is 2.25 bits per heavy atom. The highest BCUT2D eigenvalue weighted by Crippen LogP contribution is 2.19. The van der Waals surface area contributed by atoms with E-state index in [9.17, 15) is 5.11 Å². The van der Waals surface area contributed by atoms with Gasteiger partial charge in [0.1, 0.15) is 0 Å². The second-order valence-electron chi connectivity index (χ2n) is 3.59. The molecular weight excluding hydrogens is 222 g/mol. The van der Waals surface area contributed by atoms with Gasteiger partial charge in [-0.3, -0.25) is 0 Å². The summed E-state index contributed by atoms with van der Waals surface area (Å²) in [5, 5.41) is 10.2. The topological polar surface area (TPSA) is 74.9 Å². The van der Waals surface area contributed by atoms with Crippen LogP contribution in [0.2, 0.25) is 0 Å². The minimum Gasteiger partial charge on any atom is -0.392 e. The number of aliphatic hydroxyl groups is 1. The van der Waals surface area contributed by atoms with Gasteiger partial charge >= 0.3 is 0 Å². The number of aromatic amines is 1. The molecule has 16 heavy (non-hydrogen) atoms. The van der Waals surface area contributed by atoms with Crippen LogP contribution >= 0.6 is 11.8 Å². The van der Waals surface area contributed by atoms with Gasteiger partial charge in [-0.2, -0.15) is 0 Å². The minimum atomic E-state index is -0.406. The second kappa shape index (κ2) is 5.34. The first-order valence-electron chi connectivity index (χ1n) is 5.25. The van der Waals surface area contributed by atoms with Gasteiger partial charge in [-0.05, 0) is 18.6 Å². The molecule has 0 aliphatic carbocycles. The molecule has 2 aromatic rings. The van der Waals surface area contributed by atoms with Gasteiger partial charge in [-0.1, -0.05) is 23.9 Å². The third-order valence-electron chi connectivity index (χ3n) is 2.33. The Morgan fingerprint density at radius 1 is 1.44 bits per heavy atom. The van der Waals surface area contributed by atoms with E-state index >= 15 is 0 Å². The van der Waals surface area contributed by atoms with E-state index < -0.39 is 6.10 Å². The first-order chi connectivity index (χ1) is 7.79. The van der Waals surface area contributed by atoms with Gasteiger partial charge < -0.3 is 15.8 Å². The lowest BCUT2D eigenvalue weighted by molar-refractivity contribution is 0.180. The maximum Gasteiger partial charge on any atom is 0.166 e. The molecule has 0 fully saturated rings. The highest BCUT2D eigenvalue weighted by molar-refractivity contribution is 7.99. The van der Waals surface area contributed by atoms with Crippen LogP contribution in [0.5, 0.6) is 0 Å². The molecule has 0 aliphatic rings. The predicted octanol–water partition coefficient (Wildman–Crippen LogP) is 1.36. The zero-order chi connectivity index (χ0) is 11.4. The summed E-state index contributed by atoms with van der Waals surface area (Å²) in [6, 6.07) is 7.93. The molecule has 0 saturated heterocycles. The highest BCUT2D eigenvalue weighted by Gasteiger charge is 2.04. The van der Waals surface area contributed by atoms with E-state index in [1.54, 1.807) is 11.8 Å². The Hall–Kier alpha value is -1.04. The van der Waals surface area contributed by atoms with Crippen molar-refractivity contribution in [3.8, 4) is 0 Å². The number of nitrogens with one attached hydrogen (secondary N) is 1. The van der Waals surface area contributed by atoms with Gasteiger partial charge in [0, 0.05) is 12.3 Å². The molecule has 0 bridgehead atoms. The average molecular weight is 237 g/mol. The van der Waals surface area contributed by atoms with Crippen molar-refractivity contribution in [2.24, 2.45) is 5.73 Å². The van der Waals surface area contributed by atoms with Crippen molar-refractivity contribution in [3.05, 3.63) is 24.3 Å². The van der Waals surface area contributed by atoms with E-state index in [2.05, 4.69) is 9.97 Å². The summed E-state index contributed by atoms with van der Waals surface area (Å²) in [5.41, 5.74) is 7.35. The number of imidazole rings is 1. The Morgan fingerprint density at radius 3 is 3.00 bits per heavy atom. The minimum absolute atomic E-state index is 0.320. The number of hydrogen-bond donors (Lipinski definition) is 3. The molecule has 4 N–H and O–H groups in total. The average Bonchev–Trinajstić information content (AvgIpc) is 2.71. The first-order valence-corrected chi connectivity index (χ1v) is 6.24. The monoisotopic (exact) mass is 237 g/mol. The predicted molar refractivity (Wildman–Crippen MR) is 66.5 cm³/mol. The third kappa shape index (κ3) is 2.75. The Labute approximate surface area is 98.3 Å². The maximum atomic E-state index is 9.31. The maximum absolute atomic E-state index is 9.31. The van der Waals surface area contributed by atoms with Gasteiger partial charge in [0.25, 0.3) is 0 Å². The van der Waals surface area contributed by atoms with Crippen molar-refractivity contribution in [1.29, 1.82) is 0 Å². The molecule has 0 saturated carbocycles. The lowest BCUT2D eigenvalue weighted by atomic mass is 10.3. The van der Waals surface area contributed by atoms with Crippen molar-refractivity contribution in [1.82, 2.24) is 9.97 Å². The molecule has 2 rings (SSSR count).